The van der Waals surface area contributed by atoms with Crippen LogP contribution in [0.2, 0.25) is 0 Å². The first-order chi connectivity index (χ1) is 10.7. The summed E-state index contributed by atoms with van der Waals surface area (Å²) in [5.41, 5.74) is 1.37. The highest BCUT2D eigenvalue weighted by Crippen LogP contribution is 2.23. The number of nitrogens with zero attached hydrogens (tertiary/aromatic N) is 2. The highest BCUT2D eigenvalue weighted by atomic mass is 16.7. The van der Waals surface area contributed by atoms with Gasteiger partial charge in [0, 0.05) is 11.8 Å². The van der Waals surface area contributed by atoms with Crippen molar-refractivity contribution in [2.45, 2.75) is 6.92 Å². The van der Waals surface area contributed by atoms with E-state index in [1.54, 1.807) is 48.0 Å². The maximum absolute atomic E-state index is 11.3. The molecule has 3 rings (SSSR count). The summed E-state index contributed by atoms with van der Waals surface area (Å²) in [6.07, 6.45) is 3.16. The van der Waals surface area contributed by atoms with Crippen molar-refractivity contribution >= 4 is 18.1 Å². The van der Waals surface area contributed by atoms with Crippen LogP contribution in [0.5, 0.6) is 5.88 Å². The molecule has 0 spiro atoms. The number of furan rings is 1. The summed E-state index contributed by atoms with van der Waals surface area (Å²) in [4.78, 5) is 26.1. The number of aromatic nitrogens is 2. The molecule has 0 atom stereocenters. The lowest BCUT2D eigenvalue weighted by Gasteiger charge is -1.98. The number of carbonyl (C=O) groups excluding carboxylic acids is 2. The Morgan fingerprint density at radius 1 is 1.32 bits per heavy atom. The smallest absolute Gasteiger partial charge is 0.453 e. The molecule has 0 aromatic carbocycles. The molecule has 3 aromatic heterocycles. The number of hydrogen-bond acceptors (Lipinski definition) is 6. The largest absolute Gasteiger partial charge is 0.515 e. The minimum absolute atomic E-state index is 0.142. The quantitative estimate of drug-likeness (QED) is 0.544. The molecule has 0 aliphatic heterocycles. The SMILES string of the molecule is CCOC(=O)Oc1cn2cc(-c3ccc(C=O)o3)ccc2n1. The Morgan fingerprint density at radius 2 is 2.18 bits per heavy atom. The van der Waals surface area contributed by atoms with Gasteiger partial charge in [0.15, 0.2) is 12.0 Å². The maximum atomic E-state index is 11.3. The third-order valence-electron chi connectivity index (χ3n) is 2.91. The van der Waals surface area contributed by atoms with E-state index in [0.29, 0.717) is 17.7 Å². The number of ether oxygens (including phenoxy) is 2. The molecule has 112 valence electrons. The monoisotopic (exact) mass is 300 g/mol. The van der Waals surface area contributed by atoms with Gasteiger partial charge >= 0.3 is 6.16 Å². The van der Waals surface area contributed by atoms with Gasteiger partial charge < -0.3 is 18.3 Å². The fraction of sp³-hybridized carbons (Fsp3) is 0.133. The summed E-state index contributed by atoms with van der Waals surface area (Å²) in [5, 5.41) is 0. The summed E-state index contributed by atoms with van der Waals surface area (Å²) in [5.74, 6) is 0.959. The number of rotatable bonds is 4. The van der Waals surface area contributed by atoms with Crippen LogP contribution >= 0.6 is 0 Å². The molecule has 0 saturated heterocycles. The highest BCUT2D eigenvalue weighted by Gasteiger charge is 2.11. The van der Waals surface area contributed by atoms with E-state index in [-0.39, 0.29) is 18.2 Å². The summed E-state index contributed by atoms with van der Waals surface area (Å²) < 4.78 is 16.7. The van der Waals surface area contributed by atoms with Crippen LogP contribution in [0.1, 0.15) is 17.5 Å². The highest BCUT2D eigenvalue weighted by molar-refractivity contribution is 5.73. The van der Waals surface area contributed by atoms with E-state index in [0.717, 1.165) is 5.56 Å². The molecule has 0 aliphatic carbocycles. The number of pyridine rings is 1. The van der Waals surface area contributed by atoms with Crippen molar-refractivity contribution in [3.63, 3.8) is 0 Å². The van der Waals surface area contributed by atoms with E-state index in [1.807, 2.05) is 0 Å². The zero-order valence-corrected chi connectivity index (χ0v) is 11.7. The van der Waals surface area contributed by atoms with Gasteiger partial charge in [-0.05, 0) is 31.2 Å². The second-order valence-electron chi connectivity index (χ2n) is 4.37. The lowest BCUT2D eigenvalue weighted by Crippen LogP contribution is -2.10. The van der Waals surface area contributed by atoms with Crippen LogP contribution in [0.4, 0.5) is 4.79 Å². The van der Waals surface area contributed by atoms with E-state index in [1.165, 1.54) is 0 Å². The molecule has 0 radical (unpaired) electrons. The zero-order chi connectivity index (χ0) is 15.5. The molecule has 0 unspecified atom stereocenters. The Hall–Kier alpha value is -3.09. The molecule has 3 heterocycles. The Kier molecular flexibility index (Phi) is 3.61. The number of aldehydes is 1. The Labute approximate surface area is 125 Å². The van der Waals surface area contributed by atoms with Crippen LogP contribution in [0.25, 0.3) is 17.0 Å². The first-order valence-corrected chi connectivity index (χ1v) is 6.58. The Balaban J connectivity index is 1.89. The third kappa shape index (κ3) is 2.69. The van der Waals surface area contributed by atoms with Crippen LogP contribution in [-0.2, 0) is 4.74 Å². The minimum Gasteiger partial charge on any atom is -0.453 e. The predicted molar refractivity (Wildman–Crippen MR) is 75.9 cm³/mol. The number of fused-ring (bicyclic) bond motifs is 1. The van der Waals surface area contributed by atoms with E-state index in [2.05, 4.69) is 4.98 Å². The van der Waals surface area contributed by atoms with Gasteiger partial charge in [0.1, 0.15) is 11.4 Å². The number of imidazole rings is 1. The third-order valence-corrected chi connectivity index (χ3v) is 2.91. The molecular weight excluding hydrogens is 288 g/mol. The molecule has 0 amide bonds. The molecule has 7 heteroatoms. The first-order valence-electron chi connectivity index (χ1n) is 6.58. The first kappa shape index (κ1) is 13.9. The fourth-order valence-electron chi connectivity index (χ4n) is 1.97. The van der Waals surface area contributed by atoms with Crippen molar-refractivity contribution in [3.05, 3.63) is 42.4 Å². The van der Waals surface area contributed by atoms with Crippen molar-refractivity contribution in [1.82, 2.24) is 9.38 Å². The molecule has 0 N–H and O–H groups in total. The fourth-order valence-corrected chi connectivity index (χ4v) is 1.97. The van der Waals surface area contributed by atoms with Crippen LogP contribution in [0, 0.1) is 0 Å². The van der Waals surface area contributed by atoms with Crippen molar-refractivity contribution in [3.8, 4) is 17.2 Å². The second kappa shape index (κ2) is 5.72. The second-order valence-corrected chi connectivity index (χ2v) is 4.37. The molecule has 0 saturated carbocycles. The molecule has 0 bridgehead atoms. The molecule has 22 heavy (non-hydrogen) atoms. The Morgan fingerprint density at radius 3 is 2.91 bits per heavy atom. The number of carbonyl (C=O) groups is 2. The van der Waals surface area contributed by atoms with Crippen LogP contribution in [-0.4, -0.2) is 28.4 Å². The maximum Gasteiger partial charge on any atom is 0.515 e. The standard InChI is InChI=1S/C15H12N2O5/c1-2-20-15(19)22-14-8-17-7-10(3-6-13(17)16-14)12-5-4-11(9-18)21-12/h3-9H,2H2,1H3. The molecule has 7 nitrogen and oxygen atoms in total. The molecule has 3 aromatic rings. The van der Waals surface area contributed by atoms with Crippen molar-refractivity contribution < 1.29 is 23.5 Å². The van der Waals surface area contributed by atoms with Gasteiger partial charge in [0.05, 0.1) is 12.8 Å². The van der Waals surface area contributed by atoms with Crippen LogP contribution in [0.15, 0.2) is 41.1 Å². The summed E-state index contributed by atoms with van der Waals surface area (Å²) in [7, 11) is 0. The average Bonchev–Trinajstić information content (AvgIpc) is 3.12. The summed E-state index contributed by atoms with van der Waals surface area (Å²) in [6, 6.07) is 6.84. The summed E-state index contributed by atoms with van der Waals surface area (Å²) >= 11 is 0. The van der Waals surface area contributed by atoms with Crippen LogP contribution < -0.4 is 4.74 Å². The average molecular weight is 300 g/mol. The van der Waals surface area contributed by atoms with Gasteiger partial charge in [0.2, 0.25) is 5.88 Å². The van der Waals surface area contributed by atoms with Crippen molar-refractivity contribution in [1.29, 1.82) is 0 Å². The predicted octanol–water partition coefficient (Wildman–Crippen LogP) is 2.94. The van der Waals surface area contributed by atoms with E-state index in [4.69, 9.17) is 13.9 Å². The normalized spacial score (nSPS) is 10.6. The number of hydrogen-bond donors (Lipinski definition) is 0. The van der Waals surface area contributed by atoms with Crippen LogP contribution in [0.3, 0.4) is 0 Å². The van der Waals surface area contributed by atoms with Crippen molar-refractivity contribution in [2.75, 3.05) is 6.61 Å². The lowest BCUT2D eigenvalue weighted by atomic mass is 10.2. The van der Waals surface area contributed by atoms with Gasteiger partial charge in [0.25, 0.3) is 0 Å². The van der Waals surface area contributed by atoms with Gasteiger partial charge in [-0.3, -0.25) is 4.79 Å². The van der Waals surface area contributed by atoms with Gasteiger partial charge in [-0.2, -0.15) is 4.98 Å². The van der Waals surface area contributed by atoms with E-state index >= 15 is 0 Å². The minimum atomic E-state index is -0.798. The van der Waals surface area contributed by atoms with Gasteiger partial charge in [-0.1, -0.05) is 0 Å². The van der Waals surface area contributed by atoms with Gasteiger partial charge in [-0.25, -0.2) is 4.79 Å². The zero-order valence-electron chi connectivity index (χ0n) is 11.7. The van der Waals surface area contributed by atoms with Crippen molar-refractivity contribution in [2.24, 2.45) is 0 Å². The van der Waals surface area contributed by atoms with E-state index < -0.39 is 6.16 Å². The molecular formula is C15H12N2O5. The molecule has 0 aliphatic rings. The van der Waals surface area contributed by atoms with E-state index in [9.17, 15) is 9.59 Å². The van der Waals surface area contributed by atoms with Gasteiger partial charge in [-0.15, -0.1) is 0 Å². The Bertz CT molecular complexity index is 833. The molecule has 0 fully saturated rings. The summed E-state index contributed by atoms with van der Waals surface area (Å²) in [6.45, 7) is 1.92. The topological polar surface area (TPSA) is 83.0 Å². The lowest BCUT2D eigenvalue weighted by molar-refractivity contribution is 0.103.